The molecule has 342 valence electrons. The van der Waals surface area contributed by atoms with Gasteiger partial charge in [0.25, 0.3) is 0 Å². The Bertz CT molecular complexity index is 4070. The largest absolute Gasteiger partial charge is 0.456 e. The molecule has 10 aromatic carbocycles. The van der Waals surface area contributed by atoms with Gasteiger partial charge in [-0.3, -0.25) is 0 Å². The van der Waals surface area contributed by atoms with Gasteiger partial charge in [0.05, 0.1) is 0 Å². The Labute approximate surface area is 414 Å². The van der Waals surface area contributed by atoms with E-state index in [1.807, 2.05) is 0 Å². The minimum atomic E-state index is -0.240. The van der Waals surface area contributed by atoms with Crippen LogP contribution in [0.2, 0.25) is 0 Å². The second-order valence-corrected chi connectivity index (χ2v) is 22.7. The van der Waals surface area contributed by atoms with Crippen molar-refractivity contribution in [2.75, 3.05) is 0 Å². The zero-order valence-electron chi connectivity index (χ0n) is 41.6. The van der Waals surface area contributed by atoms with Crippen molar-refractivity contribution in [2.45, 2.75) is 71.6 Å². The van der Waals surface area contributed by atoms with Crippen molar-refractivity contribution in [3.63, 3.8) is 0 Å². The summed E-state index contributed by atoms with van der Waals surface area (Å²) >= 11 is 0. The van der Waals surface area contributed by atoms with Gasteiger partial charge in [-0.05, 0) is 195 Å². The zero-order valence-corrected chi connectivity index (χ0v) is 41.6. The van der Waals surface area contributed by atoms with Crippen molar-refractivity contribution in [3.05, 3.63) is 203 Å². The Morgan fingerprint density at radius 3 is 1.04 bits per heavy atom. The van der Waals surface area contributed by atoms with Gasteiger partial charge in [-0.2, -0.15) is 0 Å². The highest BCUT2D eigenvalue weighted by atomic mass is 16.3. The summed E-state index contributed by atoms with van der Waals surface area (Å²) in [6, 6.07) is 64.2. The third-order valence-corrected chi connectivity index (χ3v) is 18.0. The molecule has 2 heteroatoms. The molecule has 71 heavy (non-hydrogen) atoms. The molecule has 0 saturated heterocycles. The van der Waals surface area contributed by atoms with E-state index in [0.29, 0.717) is 11.8 Å². The molecule has 0 unspecified atom stereocenters. The summed E-state index contributed by atoms with van der Waals surface area (Å²) in [5.74, 6) is 0.696. The van der Waals surface area contributed by atoms with E-state index in [2.05, 4.69) is 225 Å². The molecular formula is C69H54O2. The van der Waals surface area contributed by atoms with Gasteiger partial charge in [-0.15, -0.1) is 0 Å². The summed E-state index contributed by atoms with van der Waals surface area (Å²) in [7, 11) is 0. The lowest BCUT2D eigenvalue weighted by Gasteiger charge is -2.41. The van der Waals surface area contributed by atoms with Crippen LogP contribution in [0, 0.1) is 11.8 Å². The first kappa shape index (κ1) is 41.1. The van der Waals surface area contributed by atoms with Gasteiger partial charge >= 0.3 is 0 Å². The van der Waals surface area contributed by atoms with Crippen LogP contribution in [0.3, 0.4) is 0 Å². The van der Waals surface area contributed by atoms with Crippen LogP contribution in [-0.2, 0) is 16.2 Å². The fourth-order valence-electron chi connectivity index (χ4n) is 14.7. The third-order valence-electron chi connectivity index (χ3n) is 18.0. The molecule has 2 aromatic heterocycles. The van der Waals surface area contributed by atoms with Crippen LogP contribution in [0.1, 0.15) is 88.8 Å². The van der Waals surface area contributed by atoms with E-state index in [4.69, 9.17) is 8.83 Å². The van der Waals surface area contributed by atoms with Crippen LogP contribution in [0.25, 0.3) is 121 Å². The molecule has 0 saturated carbocycles. The average molecular weight is 915 g/mol. The van der Waals surface area contributed by atoms with E-state index in [1.165, 1.54) is 111 Å². The summed E-state index contributed by atoms with van der Waals surface area (Å²) < 4.78 is 12.9. The van der Waals surface area contributed by atoms with Gasteiger partial charge in [-0.25, -0.2) is 0 Å². The van der Waals surface area contributed by atoms with Crippen LogP contribution in [0.5, 0.6) is 0 Å². The fraction of sp³-hybridized carbons (Fsp3) is 0.188. The van der Waals surface area contributed by atoms with Gasteiger partial charge in [0.1, 0.15) is 22.3 Å². The third kappa shape index (κ3) is 5.13. The van der Waals surface area contributed by atoms with Crippen molar-refractivity contribution in [3.8, 4) is 55.6 Å². The molecule has 0 atom stereocenters. The molecule has 2 nitrogen and oxygen atoms in total. The molecule has 15 rings (SSSR count). The Balaban J connectivity index is 0.927. The molecule has 0 fully saturated rings. The molecule has 0 N–H and O–H groups in total. The quantitative estimate of drug-likeness (QED) is 0.176. The number of furan rings is 2. The summed E-state index contributed by atoms with van der Waals surface area (Å²) in [5, 5.41) is 9.81. The lowest BCUT2D eigenvalue weighted by atomic mass is 9.62. The topological polar surface area (TPSA) is 26.3 Å². The van der Waals surface area contributed by atoms with Gasteiger partial charge < -0.3 is 8.83 Å². The molecule has 3 aliphatic rings. The van der Waals surface area contributed by atoms with Crippen molar-refractivity contribution < 1.29 is 8.83 Å². The predicted octanol–water partition coefficient (Wildman–Crippen LogP) is 19.3. The summed E-state index contributed by atoms with van der Waals surface area (Å²) in [6.45, 7) is 19.7. The number of para-hydroxylation sites is 2. The lowest BCUT2D eigenvalue weighted by Crippen LogP contribution is -2.37. The maximum absolute atomic E-state index is 6.46. The highest BCUT2D eigenvalue weighted by Gasteiger charge is 2.51. The number of fused-ring (bicyclic) bond motifs is 19. The number of hydrogen-bond acceptors (Lipinski definition) is 2. The first-order valence-corrected chi connectivity index (χ1v) is 25.7. The molecule has 0 amide bonds. The van der Waals surface area contributed by atoms with Crippen molar-refractivity contribution >= 4 is 65.4 Å². The van der Waals surface area contributed by atoms with Gasteiger partial charge in [-0.1, -0.05) is 152 Å². The summed E-state index contributed by atoms with van der Waals surface area (Å²) in [4.78, 5) is 0. The maximum atomic E-state index is 6.46. The summed E-state index contributed by atoms with van der Waals surface area (Å²) in [6.07, 6.45) is 0. The Hall–Kier alpha value is -7.68. The minimum Gasteiger partial charge on any atom is -0.456 e. The highest BCUT2D eigenvalue weighted by molar-refractivity contribution is 6.14. The van der Waals surface area contributed by atoms with E-state index in [0.717, 1.165) is 43.9 Å². The molecule has 0 radical (unpaired) electrons. The van der Waals surface area contributed by atoms with Crippen molar-refractivity contribution in [1.29, 1.82) is 0 Å². The molecule has 3 aliphatic carbocycles. The van der Waals surface area contributed by atoms with Crippen molar-refractivity contribution in [2.24, 2.45) is 11.8 Å². The van der Waals surface area contributed by atoms with E-state index in [-0.39, 0.29) is 16.2 Å². The smallest absolute Gasteiger partial charge is 0.136 e. The van der Waals surface area contributed by atoms with Gasteiger partial charge in [0.2, 0.25) is 0 Å². The van der Waals surface area contributed by atoms with Crippen LogP contribution in [-0.4, -0.2) is 0 Å². The predicted molar refractivity (Wildman–Crippen MR) is 298 cm³/mol. The number of rotatable bonds is 4. The lowest BCUT2D eigenvalue weighted by molar-refractivity contribution is 0.280. The molecule has 0 spiro atoms. The molecule has 12 aromatic rings. The van der Waals surface area contributed by atoms with Crippen molar-refractivity contribution in [1.82, 2.24) is 0 Å². The van der Waals surface area contributed by atoms with Crippen LogP contribution >= 0.6 is 0 Å². The standard InChI is InChI=1S/C69H54O2/c1-37(2)69(38(3)4)57-35-53-55(67(5,6)59-31-49(41-17-9-11-21-47(41)65(53)59)39-25-27-45-43-19-13-15-23-61(43)70-63(45)29-39)33-51(57)52-34-56-54(36-58(52)69)66-48-22-12-10-18-42(48)50(32-60(66)68(56,7)8)40-26-28-46-44-20-14-16-24-62(44)71-64(46)30-40/h9-38H,1-8H3. The van der Waals surface area contributed by atoms with E-state index >= 15 is 0 Å². The molecule has 0 aliphatic heterocycles. The van der Waals surface area contributed by atoms with Crippen LogP contribution in [0.15, 0.2) is 179 Å². The highest BCUT2D eigenvalue weighted by Crippen LogP contribution is 2.64. The normalized spacial score (nSPS) is 15.6. The second-order valence-electron chi connectivity index (χ2n) is 22.7. The van der Waals surface area contributed by atoms with E-state index < -0.39 is 0 Å². The summed E-state index contributed by atoms with van der Waals surface area (Å²) in [5.41, 5.74) is 24.8. The Morgan fingerprint density at radius 1 is 0.296 bits per heavy atom. The second kappa shape index (κ2) is 13.8. The first-order chi connectivity index (χ1) is 34.3. The molecule has 2 heterocycles. The minimum absolute atomic E-state index is 0.204. The zero-order chi connectivity index (χ0) is 48.0. The Kier molecular flexibility index (Phi) is 7.99. The van der Waals surface area contributed by atoms with Gasteiger partial charge in [0, 0.05) is 37.8 Å². The Morgan fingerprint density at radius 2 is 0.634 bits per heavy atom. The van der Waals surface area contributed by atoms with Crippen LogP contribution in [0.4, 0.5) is 0 Å². The maximum Gasteiger partial charge on any atom is 0.136 e. The number of hydrogen-bond donors (Lipinski definition) is 0. The first-order valence-electron chi connectivity index (χ1n) is 25.7. The SMILES string of the molecule is CC(C)C1(C(C)C)c2cc3c(cc2-c2cc4c(cc21)-c1c(cc(-c2ccc5c(c2)oc2ccccc25)c2ccccc12)C4(C)C)C(C)(C)c1cc(-c2ccc4c(c2)oc2ccccc24)c2ccccc2c1-3. The monoisotopic (exact) mass is 914 g/mol. The van der Waals surface area contributed by atoms with Crippen LogP contribution < -0.4 is 0 Å². The average Bonchev–Trinajstić information content (AvgIpc) is 4.13. The van der Waals surface area contributed by atoms with Gasteiger partial charge in [0.15, 0.2) is 0 Å². The molecular weight excluding hydrogens is 861 g/mol. The van der Waals surface area contributed by atoms with E-state index in [9.17, 15) is 0 Å². The molecule has 0 bridgehead atoms. The fourth-order valence-corrected chi connectivity index (χ4v) is 14.7. The van der Waals surface area contributed by atoms with E-state index in [1.54, 1.807) is 0 Å². The number of benzene rings is 10.